The number of nitrogens with zero attached hydrogens (tertiary/aromatic N) is 3. The maximum atomic E-state index is 13.0. The standard InChI is InChI=1S/C21H22ClN3O5S/c1-15-3-5-17(13-19(15)22)6-8-21(26)23-9-11-24(12-10-23)31(29,30)20-14-18(25(27)28)7-4-16(20)2/h3-8,13-14H,9-12H2,1-2H3/b8-6+. The van der Waals surface area contributed by atoms with Crippen LogP contribution in [0.5, 0.6) is 0 Å². The van der Waals surface area contributed by atoms with E-state index in [1.807, 2.05) is 19.1 Å². The van der Waals surface area contributed by atoms with Gasteiger partial charge in [-0.15, -0.1) is 0 Å². The number of carbonyl (C=O) groups is 1. The number of nitro benzene ring substituents is 1. The van der Waals surface area contributed by atoms with Crippen LogP contribution in [0.4, 0.5) is 5.69 Å². The molecule has 0 unspecified atom stereocenters. The van der Waals surface area contributed by atoms with Crippen LogP contribution >= 0.6 is 11.6 Å². The van der Waals surface area contributed by atoms with E-state index in [0.29, 0.717) is 10.6 Å². The van der Waals surface area contributed by atoms with E-state index < -0.39 is 14.9 Å². The second-order valence-corrected chi connectivity index (χ2v) is 9.59. The van der Waals surface area contributed by atoms with Crippen molar-refractivity contribution in [3.05, 3.63) is 74.3 Å². The lowest BCUT2D eigenvalue weighted by Crippen LogP contribution is -2.50. The van der Waals surface area contributed by atoms with Gasteiger partial charge in [0.25, 0.3) is 5.69 Å². The quantitative estimate of drug-likeness (QED) is 0.384. The molecule has 0 bridgehead atoms. The van der Waals surface area contributed by atoms with Gasteiger partial charge in [-0.2, -0.15) is 4.31 Å². The SMILES string of the molecule is Cc1ccc(/C=C/C(=O)N2CCN(S(=O)(=O)c3cc([N+](=O)[O-])ccc3C)CC2)cc1Cl. The van der Waals surface area contributed by atoms with Crippen molar-refractivity contribution in [1.29, 1.82) is 0 Å². The first-order valence-corrected chi connectivity index (χ1v) is 11.4. The molecule has 0 spiro atoms. The highest BCUT2D eigenvalue weighted by Gasteiger charge is 2.31. The van der Waals surface area contributed by atoms with Gasteiger partial charge in [-0.05, 0) is 42.7 Å². The molecule has 1 fully saturated rings. The van der Waals surface area contributed by atoms with Crippen molar-refractivity contribution in [2.45, 2.75) is 18.7 Å². The minimum Gasteiger partial charge on any atom is -0.337 e. The minimum absolute atomic E-state index is 0.0855. The summed E-state index contributed by atoms with van der Waals surface area (Å²) in [6, 6.07) is 9.28. The Hall–Kier alpha value is -2.75. The van der Waals surface area contributed by atoms with Gasteiger partial charge in [0.05, 0.1) is 9.82 Å². The van der Waals surface area contributed by atoms with E-state index in [1.54, 1.807) is 24.0 Å². The third-order valence-corrected chi connectivity index (χ3v) is 7.61. The van der Waals surface area contributed by atoms with Gasteiger partial charge in [0.1, 0.15) is 0 Å². The van der Waals surface area contributed by atoms with Gasteiger partial charge in [0.2, 0.25) is 15.9 Å². The maximum Gasteiger partial charge on any atom is 0.270 e. The average Bonchev–Trinajstić information content (AvgIpc) is 2.74. The smallest absolute Gasteiger partial charge is 0.270 e. The fourth-order valence-electron chi connectivity index (χ4n) is 3.25. The highest BCUT2D eigenvalue weighted by Crippen LogP contribution is 2.25. The summed E-state index contributed by atoms with van der Waals surface area (Å²) in [7, 11) is -3.90. The molecular weight excluding hydrogens is 442 g/mol. The molecule has 2 aromatic rings. The number of hydrogen-bond acceptors (Lipinski definition) is 5. The van der Waals surface area contributed by atoms with Crippen molar-refractivity contribution in [1.82, 2.24) is 9.21 Å². The molecule has 31 heavy (non-hydrogen) atoms. The normalized spacial score (nSPS) is 15.4. The summed E-state index contributed by atoms with van der Waals surface area (Å²) in [5.74, 6) is -0.222. The summed E-state index contributed by atoms with van der Waals surface area (Å²) in [5.41, 5.74) is 1.90. The van der Waals surface area contributed by atoms with E-state index in [9.17, 15) is 23.3 Å². The van der Waals surface area contributed by atoms with Crippen LogP contribution in [0, 0.1) is 24.0 Å². The van der Waals surface area contributed by atoms with E-state index in [4.69, 9.17) is 11.6 Å². The Kier molecular flexibility index (Phi) is 6.78. The van der Waals surface area contributed by atoms with E-state index in [2.05, 4.69) is 0 Å². The van der Waals surface area contributed by atoms with Crippen molar-refractivity contribution in [3.63, 3.8) is 0 Å². The number of nitro groups is 1. The number of hydrogen-bond donors (Lipinski definition) is 0. The number of non-ortho nitro benzene ring substituents is 1. The lowest BCUT2D eigenvalue weighted by atomic mass is 10.1. The lowest BCUT2D eigenvalue weighted by molar-refractivity contribution is -0.385. The summed E-state index contributed by atoms with van der Waals surface area (Å²) in [5, 5.41) is 11.6. The van der Waals surface area contributed by atoms with Gasteiger partial charge in [0.15, 0.2) is 0 Å². The van der Waals surface area contributed by atoms with Crippen LogP contribution in [0.25, 0.3) is 6.08 Å². The summed E-state index contributed by atoms with van der Waals surface area (Å²) in [6.07, 6.45) is 3.11. The molecule has 1 saturated heterocycles. The second-order valence-electron chi connectivity index (χ2n) is 7.28. The summed E-state index contributed by atoms with van der Waals surface area (Å²) in [6.45, 7) is 4.17. The molecule has 0 aromatic heterocycles. The van der Waals surface area contributed by atoms with Crippen LogP contribution < -0.4 is 0 Å². The van der Waals surface area contributed by atoms with E-state index in [-0.39, 0.29) is 42.7 Å². The van der Waals surface area contributed by atoms with E-state index in [0.717, 1.165) is 17.2 Å². The molecule has 2 aromatic carbocycles. The number of sulfonamides is 1. The van der Waals surface area contributed by atoms with Gasteiger partial charge in [-0.25, -0.2) is 8.42 Å². The number of rotatable bonds is 5. The van der Waals surface area contributed by atoms with Gasteiger partial charge < -0.3 is 4.90 Å². The van der Waals surface area contributed by atoms with Gasteiger partial charge in [0, 0.05) is 49.4 Å². The molecule has 10 heteroatoms. The number of halogens is 1. The molecule has 0 saturated carbocycles. The number of carbonyl (C=O) groups excluding carboxylic acids is 1. The topological polar surface area (TPSA) is 101 Å². The van der Waals surface area contributed by atoms with Crippen LogP contribution in [-0.2, 0) is 14.8 Å². The van der Waals surface area contributed by atoms with E-state index >= 15 is 0 Å². The van der Waals surface area contributed by atoms with Crippen molar-refractivity contribution in [2.75, 3.05) is 26.2 Å². The lowest BCUT2D eigenvalue weighted by Gasteiger charge is -2.33. The van der Waals surface area contributed by atoms with Crippen LogP contribution in [0.3, 0.4) is 0 Å². The molecule has 1 heterocycles. The number of piperazine rings is 1. The predicted octanol–water partition coefficient (Wildman–Crippen LogP) is 3.41. The third-order valence-electron chi connectivity index (χ3n) is 5.16. The predicted molar refractivity (Wildman–Crippen MR) is 118 cm³/mol. The molecule has 1 aliphatic rings. The Morgan fingerprint density at radius 3 is 2.32 bits per heavy atom. The Morgan fingerprint density at radius 2 is 1.71 bits per heavy atom. The summed E-state index contributed by atoms with van der Waals surface area (Å²) in [4.78, 5) is 24.4. The van der Waals surface area contributed by atoms with Crippen LogP contribution in [0.15, 0.2) is 47.4 Å². The zero-order valence-electron chi connectivity index (χ0n) is 17.1. The van der Waals surface area contributed by atoms with Crippen molar-refractivity contribution in [2.24, 2.45) is 0 Å². The molecule has 0 N–H and O–H groups in total. The van der Waals surface area contributed by atoms with E-state index in [1.165, 1.54) is 22.5 Å². The largest absolute Gasteiger partial charge is 0.337 e. The first-order chi connectivity index (χ1) is 14.6. The second kappa shape index (κ2) is 9.17. The van der Waals surface area contributed by atoms with Crippen LogP contribution in [-0.4, -0.2) is 54.6 Å². The molecule has 0 aliphatic carbocycles. The van der Waals surface area contributed by atoms with Crippen molar-refractivity contribution < 1.29 is 18.1 Å². The highest BCUT2D eigenvalue weighted by atomic mass is 35.5. The molecule has 1 aliphatic heterocycles. The number of benzene rings is 2. The molecule has 0 atom stereocenters. The Labute approximate surface area is 185 Å². The highest BCUT2D eigenvalue weighted by molar-refractivity contribution is 7.89. The maximum absolute atomic E-state index is 13.0. The third kappa shape index (κ3) is 5.12. The Balaban J connectivity index is 1.68. The fourth-order valence-corrected chi connectivity index (χ4v) is 5.11. The molecular formula is C21H22ClN3O5S. The molecule has 0 radical (unpaired) electrons. The van der Waals surface area contributed by atoms with Crippen LogP contribution in [0.2, 0.25) is 5.02 Å². The van der Waals surface area contributed by atoms with Gasteiger partial charge >= 0.3 is 0 Å². The van der Waals surface area contributed by atoms with Gasteiger partial charge in [-0.1, -0.05) is 29.8 Å². The molecule has 3 rings (SSSR count). The monoisotopic (exact) mass is 463 g/mol. The Morgan fingerprint density at radius 1 is 1.06 bits per heavy atom. The van der Waals surface area contributed by atoms with Crippen LogP contribution in [0.1, 0.15) is 16.7 Å². The number of amides is 1. The Bertz CT molecular complexity index is 1160. The minimum atomic E-state index is -3.90. The number of aryl methyl sites for hydroxylation is 2. The van der Waals surface area contributed by atoms with Crippen molar-refractivity contribution >= 4 is 39.3 Å². The summed E-state index contributed by atoms with van der Waals surface area (Å²) < 4.78 is 27.3. The first-order valence-electron chi connectivity index (χ1n) is 9.58. The molecule has 8 nitrogen and oxygen atoms in total. The molecule has 164 valence electrons. The summed E-state index contributed by atoms with van der Waals surface area (Å²) >= 11 is 6.10. The average molecular weight is 464 g/mol. The fraction of sp³-hybridized carbons (Fsp3) is 0.286. The first kappa shape index (κ1) is 22.9. The van der Waals surface area contributed by atoms with Crippen molar-refractivity contribution in [3.8, 4) is 0 Å². The van der Waals surface area contributed by atoms with Gasteiger partial charge in [-0.3, -0.25) is 14.9 Å². The zero-order chi connectivity index (χ0) is 22.8. The zero-order valence-corrected chi connectivity index (χ0v) is 18.7. The molecule has 1 amide bonds.